The molecule has 1 N–H and O–H groups in total. The van der Waals surface area contributed by atoms with Crippen LogP contribution in [0.2, 0.25) is 0 Å². The van der Waals surface area contributed by atoms with Crippen LogP contribution >= 0.6 is 11.3 Å². The number of methoxy groups -OCH3 is 1. The van der Waals surface area contributed by atoms with Crippen molar-refractivity contribution in [2.75, 3.05) is 20.3 Å². The second-order valence-electron chi connectivity index (χ2n) is 3.63. The van der Waals surface area contributed by atoms with Crippen molar-refractivity contribution in [3.05, 3.63) is 16.1 Å². The third-order valence-corrected chi connectivity index (χ3v) is 3.26. The van der Waals surface area contributed by atoms with Crippen LogP contribution in [-0.2, 0) is 11.2 Å². The Morgan fingerprint density at radius 3 is 2.93 bits per heavy atom. The number of aromatic nitrogens is 1. The lowest BCUT2D eigenvalue weighted by Gasteiger charge is -2.15. The second kappa shape index (κ2) is 6.93. The molecule has 0 spiro atoms. The lowest BCUT2D eigenvalue weighted by atomic mass is 10.1. The number of rotatable bonds is 7. The molecule has 0 bridgehead atoms. The van der Waals surface area contributed by atoms with E-state index in [4.69, 9.17) is 4.74 Å². The summed E-state index contributed by atoms with van der Waals surface area (Å²) < 4.78 is 5.17. The first-order valence-corrected chi connectivity index (χ1v) is 6.27. The van der Waals surface area contributed by atoms with Crippen LogP contribution in [0.3, 0.4) is 0 Å². The Bertz CT molecular complexity index is 269. The molecule has 1 heterocycles. The van der Waals surface area contributed by atoms with E-state index in [1.54, 1.807) is 18.4 Å². The first kappa shape index (κ1) is 12.6. The fourth-order valence-corrected chi connectivity index (χ4v) is 2.34. The second-order valence-corrected chi connectivity index (χ2v) is 4.57. The molecule has 0 saturated heterocycles. The minimum absolute atomic E-state index is 0.448. The van der Waals surface area contributed by atoms with Crippen LogP contribution in [0, 0.1) is 6.92 Å². The highest BCUT2D eigenvalue weighted by Crippen LogP contribution is 2.11. The van der Waals surface area contributed by atoms with Gasteiger partial charge in [0.2, 0.25) is 0 Å². The van der Waals surface area contributed by atoms with E-state index in [0.29, 0.717) is 6.04 Å². The van der Waals surface area contributed by atoms with E-state index in [0.717, 1.165) is 31.7 Å². The van der Waals surface area contributed by atoms with Crippen LogP contribution in [0.25, 0.3) is 0 Å². The van der Waals surface area contributed by atoms with Crippen LogP contribution < -0.4 is 5.32 Å². The third kappa shape index (κ3) is 4.73. The smallest absolute Gasteiger partial charge is 0.0928 e. The maximum Gasteiger partial charge on any atom is 0.0928 e. The van der Waals surface area contributed by atoms with Gasteiger partial charge in [-0.25, -0.2) is 4.98 Å². The predicted octanol–water partition coefficient (Wildman–Crippen LogP) is 2.01. The molecule has 0 aliphatic heterocycles. The van der Waals surface area contributed by atoms with Crippen molar-refractivity contribution in [1.82, 2.24) is 10.3 Å². The molecule has 0 aliphatic rings. The Balaban J connectivity index is 2.32. The van der Waals surface area contributed by atoms with E-state index in [9.17, 15) is 0 Å². The molecule has 0 fully saturated rings. The van der Waals surface area contributed by atoms with Crippen LogP contribution in [0.4, 0.5) is 0 Å². The number of likely N-dealkylation sites (N-methyl/N-ethyl adjacent to an activating group) is 1. The molecular weight excluding hydrogens is 208 g/mol. The molecular formula is C11H20N2OS. The van der Waals surface area contributed by atoms with Crippen molar-refractivity contribution in [2.45, 2.75) is 32.7 Å². The lowest BCUT2D eigenvalue weighted by Crippen LogP contribution is -2.33. The van der Waals surface area contributed by atoms with Gasteiger partial charge in [0.1, 0.15) is 0 Å². The average molecular weight is 228 g/mol. The van der Waals surface area contributed by atoms with Crippen molar-refractivity contribution >= 4 is 11.3 Å². The highest BCUT2D eigenvalue weighted by Gasteiger charge is 2.08. The number of nitrogens with one attached hydrogen (secondary N) is 1. The summed E-state index contributed by atoms with van der Waals surface area (Å²) in [6.45, 7) is 5.93. The summed E-state index contributed by atoms with van der Waals surface area (Å²) in [6, 6.07) is 0.448. The molecule has 3 nitrogen and oxygen atoms in total. The number of thiazole rings is 1. The fraction of sp³-hybridized carbons (Fsp3) is 0.727. The molecule has 0 aliphatic carbocycles. The van der Waals surface area contributed by atoms with Crippen molar-refractivity contribution in [2.24, 2.45) is 0 Å². The molecule has 86 valence electrons. The molecule has 1 atom stereocenters. The van der Waals surface area contributed by atoms with Gasteiger partial charge in [-0.15, -0.1) is 11.3 Å². The average Bonchev–Trinajstić information content (AvgIpc) is 2.61. The van der Waals surface area contributed by atoms with E-state index in [-0.39, 0.29) is 0 Å². The summed E-state index contributed by atoms with van der Waals surface area (Å²) in [4.78, 5) is 4.45. The number of hydrogen-bond donors (Lipinski definition) is 1. The van der Waals surface area contributed by atoms with E-state index in [1.807, 2.05) is 6.92 Å². The zero-order valence-electron chi connectivity index (χ0n) is 9.75. The number of ether oxygens (including phenoxy) is 1. The van der Waals surface area contributed by atoms with Crippen LogP contribution in [0.15, 0.2) is 5.38 Å². The molecule has 1 aromatic rings. The van der Waals surface area contributed by atoms with E-state index in [2.05, 4.69) is 22.6 Å². The largest absolute Gasteiger partial charge is 0.383 e. The van der Waals surface area contributed by atoms with Crippen LogP contribution in [0.5, 0.6) is 0 Å². The van der Waals surface area contributed by atoms with Crippen LogP contribution in [-0.4, -0.2) is 31.3 Å². The van der Waals surface area contributed by atoms with Gasteiger partial charge < -0.3 is 10.1 Å². The normalized spacial score (nSPS) is 13.0. The van der Waals surface area contributed by atoms with E-state index < -0.39 is 0 Å². The molecule has 4 heteroatoms. The molecule has 15 heavy (non-hydrogen) atoms. The van der Waals surface area contributed by atoms with E-state index >= 15 is 0 Å². The molecule has 0 saturated carbocycles. The van der Waals surface area contributed by atoms with Gasteiger partial charge in [0.15, 0.2) is 0 Å². The lowest BCUT2D eigenvalue weighted by molar-refractivity contribution is 0.163. The predicted molar refractivity (Wildman–Crippen MR) is 64.5 cm³/mol. The summed E-state index contributed by atoms with van der Waals surface area (Å²) in [5.41, 5.74) is 1.13. The zero-order chi connectivity index (χ0) is 11.1. The first-order chi connectivity index (χ1) is 7.26. The molecule has 0 aromatic carbocycles. The van der Waals surface area contributed by atoms with Crippen molar-refractivity contribution in [3.8, 4) is 0 Å². The monoisotopic (exact) mass is 228 g/mol. The van der Waals surface area contributed by atoms with E-state index in [1.165, 1.54) is 5.01 Å². The van der Waals surface area contributed by atoms with Gasteiger partial charge in [-0.2, -0.15) is 0 Å². The fourth-order valence-electron chi connectivity index (χ4n) is 1.55. The molecule has 0 amide bonds. The highest BCUT2D eigenvalue weighted by atomic mass is 32.1. The quantitative estimate of drug-likeness (QED) is 0.775. The SMILES string of the molecule is CCNC(CCc1nc(C)cs1)COC. The maximum atomic E-state index is 5.17. The summed E-state index contributed by atoms with van der Waals surface area (Å²) >= 11 is 1.75. The summed E-state index contributed by atoms with van der Waals surface area (Å²) in [5.74, 6) is 0. The molecule has 0 radical (unpaired) electrons. The zero-order valence-corrected chi connectivity index (χ0v) is 10.6. The highest BCUT2D eigenvalue weighted by molar-refractivity contribution is 7.09. The van der Waals surface area contributed by atoms with Gasteiger partial charge >= 0.3 is 0 Å². The summed E-state index contributed by atoms with van der Waals surface area (Å²) in [6.07, 6.45) is 2.13. The third-order valence-electron chi connectivity index (χ3n) is 2.23. The Morgan fingerprint density at radius 2 is 2.40 bits per heavy atom. The van der Waals surface area contributed by atoms with Gasteiger partial charge in [-0.05, 0) is 19.9 Å². The van der Waals surface area contributed by atoms with Gasteiger partial charge in [0, 0.05) is 30.6 Å². The Labute approximate surface area is 95.9 Å². The number of aryl methyl sites for hydroxylation is 2. The Morgan fingerprint density at radius 1 is 1.60 bits per heavy atom. The summed E-state index contributed by atoms with van der Waals surface area (Å²) in [5, 5.41) is 6.75. The minimum Gasteiger partial charge on any atom is -0.383 e. The maximum absolute atomic E-state index is 5.17. The molecule has 1 aromatic heterocycles. The van der Waals surface area contributed by atoms with Gasteiger partial charge in [0.05, 0.1) is 11.6 Å². The van der Waals surface area contributed by atoms with Gasteiger partial charge in [0.25, 0.3) is 0 Å². The van der Waals surface area contributed by atoms with Crippen molar-refractivity contribution < 1.29 is 4.74 Å². The van der Waals surface area contributed by atoms with Gasteiger partial charge in [-0.1, -0.05) is 6.92 Å². The van der Waals surface area contributed by atoms with Crippen LogP contribution in [0.1, 0.15) is 24.0 Å². The standard InChI is InChI=1S/C11H20N2OS/c1-4-12-10(7-14-3)5-6-11-13-9(2)8-15-11/h8,10,12H,4-7H2,1-3H3. The van der Waals surface area contributed by atoms with Crippen molar-refractivity contribution in [1.29, 1.82) is 0 Å². The Hall–Kier alpha value is -0.450. The number of nitrogens with zero attached hydrogens (tertiary/aromatic N) is 1. The number of hydrogen-bond acceptors (Lipinski definition) is 4. The first-order valence-electron chi connectivity index (χ1n) is 5.39. The molecule has 1 unspecified atom stereocenters. The van der Waals surface area contributed by atoms with Crippen molar-refractivity contribution in [3.63, 3.8) is 0 Å². The molecule has 1 rings (SSSR count). The topological polar surface area (TPSA) is 34.2 Å². The Kier molecular flexibility index (Phi) is 5.83. The van der Waals surface area contributed by atoms with Gasteiger partial charge in [-0.3, -0.25) is 0 Å². The minimum atomic E-state index is 0.448. The summed E-state index contributed by atoms with van der Waals surface area (Å²) in [7, 11) is 1.75.